The molecule has 0 atom stereocenters. The van der Waals surface area contributed by atoms with E-state index in [1.165, 1.54) is 6.20 Å². The molecule has 1 heterocycles. The van der Waals surface area contributed by atoms with Gasteiger partial charge < -0.3 is 5.32 Å². The number of anilines is 1. The van der Waals surface area contributed by atoms with Crippen molar-refractivity contribution >= 4 is 28.2 Å². The van der Waals surface area contributed by atoms with E-state index in [4.69, 9.17) is 5.26 Å². The summed E-state index contributed by atoms with van der Waals surface area (Å²) in [4.78, 5) is 3.66. The van der Waals surface area contributed by atoms with E-state index in [0.29, 0.717) is 4.21 Å². The fraction of sp³-hybridized carbons (Fsp3) is 0.143. The molecular weight excluding hydrogens is 247 g/mol. The minimum atomic E-state index is -4.49. The zero-order valence-electron chi connectivity index (χ0n) is 7.13. The largest absolute Gasteiger partial charge is 0.430 e. The fourth-order valence-electron chi connectivity index (χ4n) is 0.609. The maximum atomic E-state index is 12.0. The van der Waals surface area contributed by atoms with Crippen LogP contribution in [0.1, 0.15) is 0 Å². The van der Waals surface area contributed by atoms with Gasteiger partial charge in [-0.05, 0) is 0 Å². The first-order valence-corrected chi connectivity index (χ1v) is 5.11. The molecule has 15 heavy (non-hydrogen) atoms. The number of thiazole rings is 1. The molecule has 0 saturated heterocycles. The lowest BCUT2D eigenvalue weighted by Gasteiger charge is -2.09. The Morgan fingerprint density at radius 2 is 2.33 bits per heavy atom. The van der Waals surface area contributed by atoms with Gasteiger partial charge in [-0.2, -0.15) is 18.4 Å². The average Bonchev–Trinajstić information content (AvgIpc) is 2.51. The number of nitrogens with one attached hydrogen (secondary N) is 1. The van der Waals surface area contributed by atoms with Crippen molar-refractivity contribution in [3.05, 3.63) is 18.5 Å². The summed E-state index contributed by atoms with van der Waals surface area (Å²) in [6, 6.07) is 0. The number of halogens is 3. The normalized spacial score (nSPS) is 10.8. The first kappa shape index (κ1) is 11.9. The third kappa shape index (κ3) is 3.45. The molecule has 0 bridgehead atoms. The highest BCUT2D eigenvalue weighted by atomic mass is 32.2. The molecule has 0 aliphatic rings. The van der Waals surface area contributed by atoms with Crippen LogP contribution in [0.4, 0.5) is 18.3 Å². The van der Waals surface area contributed by atoms with E-state index >= 15 is 0 Å². The molecule has 1 aromatic rings. The molecule has 0 amide bonds. The van der Waals surface area contributed by atoms with Crippen LogP contribution < -0.4 is 5.32 Å². The van der Waals surface area contributed by atoms with Gasteiger partial charge in [0.25, 0.3) is 0 Å². The second-order valence-corrected chi connectivity index (χ2v) is 4.39. The van der Waals surface area contributed by atoms with Crippen molar-refractivity contribution in [2.45, 2.75) is 10.4 Å². The summed E-state index contributed by atoms with van der Waals surface area (Å²) in [6.45, 7) is 2.84. The third-order valence-corrected chi connectivity index (χ3v) is 2.84. The van der Waals surface area contributed by atoms with Crippen molar-refractivity contribution in [3.63, 3.8) is 0 Å². The molecule has 1 N–H and O–H groups in total. The Balaban J connectivity index is 2.66. The molecule has 1 aromatic heterocycles. The van der Waals surface area contributed by atoms with E-state index in [9.17, 15) is 13.2 Å². The first-order valence-electron chi connectivity index (χ1n) is 3.48. The van der Waals surface area contributed by atoms with E-state index < -0.39 is 11.9 Å². The molecule has 1 rings (SSSR count). The van der Waals surface area contributed by atoms with Crippen molar-refractivity contribution in [1.29, 1.82) is 5.26 Å². The number of hydrogen-bond acceptors (Lipinski definition) is 5. The Labute approximate surface area is 91.6 Å². The monoisotopic (exact) mass is 251 g/mol. The second-order valence-electron chi connectivity index (χ2n) is 2.28. The number of nitrogens with zero attached hydrogens (tertiary/aromatic N) is 2. The van der Waals surface area contributed by atoms with Crippen LogP contribution in [0.15, 0.2) is 22.7 Å². The fourth-order valence-corrected chi connectivity index (χ4v) is 1.90. The van der Waals surface area contributed by atoms with Gasteiger partial charge in [-0.1, -0.05) is 17.9 Å². The molecule has 80 valence electrons. The minimum Gasteiger partial charge on any atom is -0.328 e. The second kappa shape index (κ2) is 4.55. The van der Waals surface area contributed by atoms with Gasteiger partial charge in [0, 0.05) is 11.8 Å². The van der Waals surface area contributed by atoms with Crippen molar-refractivity contribution in [2.24, 2.45) is 0 Å². The van der Waals surface area contributed by atoms with Crippen LogP contribution in [0.5, 0.6) is 0 Å². The zero-order valence-corrected chi connectivity index (χ0v) is 8.76. The zero-order chi connectivity index (χ0) is 11.5. The van der Waals surface area contributed by atoms with Crippen LogP contribution in [0.2, 0.25) is 0 Å². The number of nitriles is 1. The average molecular weight is 251 g/mol. The molecule has 3 nitrogen and oxygen atoms in total. The maximum absolute atomic E-state index is 12.0. The van der Waals surface area contributed by atoms with E-state index in [0.717, 1.165) is 23.1 Å². The molecule has 0 radical (unpaired) electrons. The molecule has 0 unspecified atom stereocenters. The lowest BCUT2D eigenvalue weighted by Crippen LogP contribution is -2.17. The summed E-state index contributed by atoms with van der Waals surface area (Å²) in [5.41, 5.74) is -1.08. The Kier molecular flexibility index (Phi) is 3.60. The van der Waals surface area contributed by atoms with Gasteiger partial charge in [0.2, 0.25) is 0 Å². The Morgan fingerprint density at radius 1 is 1.67 bits per heavy atom. The highest BCUT2D eigenvalue weighted by Gasteiger charge is 2.32. The summed E-state index contributed by atoms with van der Waals surface area (Å²) in [6.07, 6.45) is -3.17. The van der Waals surface area contributed by atoms with Crippen LogP contribution in [0.3, 0.4) is 0 Å². The predicted octanol–water partition coefficient (Wildman–Crippen LogP) is 3.20. The smallest absolute Gasteiger partial charge is 0.328 e. The third-order valence-electron chi connectivity index (χ3n) is 1.23. The maximum Gasteiger partial charge on any atom is 0.430 e. The number of thiocyanates is 1. The number of allylic oxidation sites excluding steroid dienone is 1. The van der Waals surface area contributed by atoms with Gasteiger partial charge in [-0.3, -0.25) is 0 Å². The lowest BCUT2D eigenvalue weighted by atomic mass is 10.5. The lowest BCUT2D eigenvalue weighted by molar-refractivity contribution is -0.0898. The molecule has 0 fully saturated rings. The molecule has 0 spiro atoms. The molecule has 0 aliphatic heterocycles. The summed E-state index contributed by atoms with van der Waals surface area (Å²) in [5.74, 6) is 0. The highest BCUT2D eigenvalue weighted by molar-refractivity contribution is 8.05. The van der Waals surface area contributed by atoms with E-state index in [1.807, 2.05) is 5.32 Å². The Morgan fingerprint density at radius 3 is 2.87 bits per heavy atom. The van der Waals surface area contributed by atoms with Crippen LogP contribution in [0, 0.1) is 10.7 Å². The summed E-state index contributed by atoms with van der Waals surface area (Å²) >= 11 is 1.80. The first-order chi connectivity index (χ1) is 6.93. The Hall–Kier alpha value is -1.20. The van der Waals surface area contributed by atoms with Crippen LogP contribution in [0.25, 0.3) is 0 Å². The van der Waals surface area contributed by atoms with Gasteiger partial charge in [-0.15, -0.1) is 0 Å². The van der Waals surface area contributed by atoms with E-state index in [1.54, 1.807) is 5.40 Å². The predicted molar refractivity (Wildman–Crippen MR) is 52.4 cm³/mol. The van der Waals surface area contributed by atoms with Gasteiger partial charge in [0.05, 0.1) is 10.4 Å². The van der Waals surface area contributed by atoms with Crippen molar-refractivity contribution in [1.82, 2.24) is 4.98 Å². The molecular formula is C7H4F3N3S2. The van der Waals surface area contributed by atoms with Gasteiger partial charge >= 0.3 is 6.18 Å². The molecule has 0 aliphatic carbocycles. The summed E-state index contributed by atoms with van der Waals surface area (Å²) in [7, 11) is 0. The number of hydrogen-bond donors (Lipinski definition) is 1. The standard InChI is InChI=1S/C7H4F3N3S2/c1-4(7(8,9)10)13-6-12-2-5(15-6)14-3-11/h2H,1H2,(H,12,13). The minimum absolute atomic E-state index is 0.0649. The number of thioether (sulfide) groups is 1. The SMILES string of the molecule is C=C(Nc1ncc(SC#N)s1)C(F)(F)F. The van der Waals surface area contributed by atoms with Gasteiger partial charge in [0.15, 0.2) is 5.13 Å². The number of aromatic nitrogens is 1. The van der Waals surface area contributed by atoms with Crippen molar-refractivity contribution in [2.75, 3.05) is 5.32 Å². The van der Waals surface area contributed by atoms with Gasteiger partial charge in [-0.25, -0.2) is 4.98 Å². The molecule has 8 heteroatoms. The van der Waals surface area contributed by atoms with Crippen molar-refractivity contribution in [3.8, 4) is 5.40 Å². The quantitative estimate of drug-likeness (QED) is 0.662. The van der Waals surface area contributed by atoms with Crippen LogP contribution >= 0.6 is 23.1 Å². The molecule has 0 saturated carbocycles. The number of rotatable bonds is 3. The Bertz CT molecular complexity index is 404. The van der Waals surface area contributed by atoms with Crippen LogP contribution in [-0.4, -0.2) is 11.2 Å². The van der Waals surface area contributed by atoms with Gasteiger partial charge in [0.1, 0.15) is 11.1 Å². The number of alkyl halides is 3. The molecule has 0 aromatic carbocycles. The van der Waals surface area contributed by atoms with Crippen molar-refractivity contribution < 1.29 is 13.2 Å². The topological polar surface area (TPSA) is 48.7 Å². The summed E-state index contributed by atoms with van der Waals surface area (Å²) in [5, 5.41) is 12.2. The van der Waals surface area contributed by atoms with E-state index in [-0.39, 0.29) is 5.13 Å². The highest BCUT2D eigenvalue weighted by Crippen LogP contribution is 2.31. The van der Waals surface area contributed by atoms with Crippen LogP contribution in [-0.2, 0) is 0 Å². The van der Waals surface area contributed by atoms with E-state index in [2.05, 4.69) is 11.6 Å². The summed E-state index contributed by atoms with van der Waals surface area (Å²) < 4.78 is 36.7.